The lowest BCUT2D eigenvalue weighted by atomic mass is 9.78. The van der Waals surface area contributed by atoms with Gasteiger partial charge in [0.1, 0.15) is 0 Å². The Labute approximate surface area is 154 Å². The molecule has 0 radical (unpaired) electrons. The Hall–Kier alpha value is -2.62. The molecule has 4 heteroatoms. The van der Waals surface area contributed by atoms with Crippen molar-refractivity contribution < 1.29 is 14.7 Å². The summed E-state index contributed by atoms with van der Waals surface area (Å²) in [4.78, 5) is 26.7. The molecule has 1 amide bonds. The topological polar surface area (TPSA) is 57.6 Å². The fourth-order valence-corrected chi connectivity index (χ4v) is 3.78. The summed E-state index contributed by atoms with van der Waals surface area (Å²) in [6.07, 6.45) is 3.06. The number of aliphatic carboxylic acids is 1. The average molecular weight is 351 g/mol. The molecule has 1 aliphatic rings. The fourth-order valence-electron chi connectivity index (χ4n) is 3.78. The maximum Gasteiger partial charge on any atom is 0.307 e. The van der Waals surface area contributed by atoms with Crippen LogP contribution in [0, 0.1) is 11.8 Å². The van der Waals surface area contributed by atoms with Crippen LogP contribution in [0.4, 0.5) is 0 Å². The van der Waals surface area contributed by atoms with Gasteiger partial charge in [-0.15, -0.1) is 0 Å². The Morgan fingerprint density at radius 1 is 0.808 bits per heavy atom. The molecule has 2 atom stereocenters. The number of carbonyl (C=O) groups excluding carboxylic acids is 1. The first-order valence-electron chi connectivity index (χ1n) is 9.24. The molecular formula is C22H25NO3. The first-order valence-corrected chi connectivity index (χ1v) is 9.24. The molecule has 0 saturated heterocycles. The minimum absolute atomic E-state index is 0.0372. The second kappa shape index (κ2) is 8.65. The van der Waals surface area contributed by atoms with Gasteiger partial charge in [0.25, 0.3) is 0 Å². The van der Waals surface area contributed by atoms with Crippen molar-refractivity contribution in [2.45, 2.75) is 38.8 Å². The zero-order valence-corrected chi connectivity index (χ0v) is 14.9. The number of nitrogens with zero attached hydrogens (tertiary/aromatic N) is 1. The first-order chi connectivity index (χ1) is 12.6. The van der Waals surface area contributed by atoms with Crippen molar-refractivity contribution in [1.82, 2.24) is 4.90 Å². The molecule has 1 saturated carbocycles. The minimum Gasteiger partial charge on any atom is -0.481 e. The van der Waals surface area contributed by atoms with Crippen LogP contribution in [0.1, 0.15) is 36.8 Å². The molecule has 1 N–H and O–H groups in total. The highest BCUT2D eigenvalue weighted by Gasteiger charge is 2.37. The number of carboxylic acids is 1. The molecule has 2 aromatic rings. The van der Waals surface area contributed by atoms with Crippen LogP contribution >= 0.6 is 0 Å². The Balaban J connectivity index is 1.83. The van der Waals surface area contributed by atoms with Crippen molar-refractivity contribution in [3.63, 3.8) is 0 Å². The van der Waals surface area contributed by atoms with E-state index >= 15 is 0 Å². The van der Waals surface area contributed by atoms with Crippen LogP contribution in [-0.2, 0) is 22.7 Å². The summed E-state index contributed by atoms with van der Waals surface area (Å²) < 4.78 is 0. The van der Waals surface area contributed by atoms with Gasteiger partial charge in [-0.25, -0.2) is 0 Å². The first kappa shape index (κ1) is 18.2. The van der Waals surface area contributed by atoms with E-state index in [1.54, 1.807) is 0 Å². The molecule has 1 aliphatic carbocycles. The third-order valence-corrected chi connectivity index (χ3v) is 5.14. The maximum atomic E-state index is 13.3. The van der Waals surface area contributed by atoms with E-state index in [9.17, 15) is 14.7 Å². The van der Waals surface area contributed by atoms with E-state index in [-0.39, 0.29) is 5.91 Å². The van der Waals surface area contributed by atoms with E-state index in [1.807, 2.05) is 65.6 Å². The number of hydrogen-bond acceptors (Lipinski definition) is 2. The smallest absolute Gasteiger partial charge is 0.307 e. The standard InChI is InChI=1S/C22H25NO3/c24-21(19-13-7-8-14-20(19)22(25)26)23(15-17-9-3-1-4-10-17)16-18-11-5-2-6-12-18/h1-6,9-12,19-20H,7-8,13-16H2,(H,25,26)/t19-,20-/m0/s1. The molecular weight excluding hydrogens is 326 g/mol. The average Bonchev–Trinajstić information content (AvgIpc) is 2.68. The number of rotatable bonds is 6. The number of benzene rings is 2. The predicted molar refractivity (Wildman–Crippen MR) is 100 cm³/mol. The van der Waals surface area contributed by atoms with Gasteiger partial charge < -0.3 is 10.0 Å². The van der Waals surface area contributed by atoms with Gasteiger partial charge in [-0.2, -0.15) is 0 Å². The zero-order chi connectivity index (χ0) is 18.4. The van der Waals surface area contributed by atoms with E-state index in [0.29, 0.717) is 25.9 Å². The monoisotopic (exact) mass is 351 g/mol. The van der Waals surface area contributed by atoms with Crippen molar-refractivity contribution >= 4 is 11.9 Å². The summed E-state index contributed by atoms with van der Waals surface area (Å²) in [5.41, 5.74) is 2.11. The molecule has 26 heavy (non-hydrogen) atoms. The molecule has 0 bridgehead atoms. The molecule has 0 aromatic heterocycles. The van der Waals surface area contributed by atoms with Gasteiger partial charge in [-0.05, 0) is 24.0 Å². The molecule has 0 unspecified atom stereocenters. The molecule has 136 valence electrons. The van der Waals surface area contributed by atoms with Crippen molar-refractivity contribution in [3.05, 3.63) is 71.8 Å². The lowest BCUT2D eigenvalue weighted by molar-refractivity contribution is -0.152. The van der Waals surface area contributed by atoms with Gasteiger partial charge in [-0.1, -0.05) is 73.5 Å². The second-order valence-corrected chi connectivity index (χ2v) is 7.00. The Morgan fingerprint density at radius 2 is 1.27 bits per heavy atom. The van der Waals surface area contributed by atoms with Crippen LogP contribution in [0.2, 0.25) is 0 Å². The third kappa shape index (κ3) is 4.51. The third-order valence-electron chi connectivity index (χ3n) is 5.14. The van der Waals surface area contributed by atoms with Crippen molar-refractivity contribution in [2.75, 3.05) is 0 Å². The molecule has 0 spiro atoms. The van der Waals surface area contributed by atoms with E-state index in [1.165, 1.54) is 0 Å². The van der Waals surface area contributed by atoms with Crippen LogP contribution in [0.5, 0.6) is 0 Å². The largest absolute Gasteiger partial charge is 0.481 e. The van der Waals surface area contributed by atoms with Crippen molar-refractivity contribution in [1.29, 1.82) is 0 Å². The highest BCUT2D eigenvalue weighted by molar-refractivity contribution is 5.85. The van der Waals surface area contributed by atoms with Crippen molar-refractivity contribution in [2.24, 2.45) is 11.8 Å². The van der Waals surface area contributed by atoms with Gasteiger partial charge in [0.05, 0.1) is 11.8 Å². The lowest BCUT2D eigenvalue weighted by Crippen LogP contribution is -2.42. The van der Waals surface area contributed by atoms with Crippen LogP contribution in [-0.4, -0.2) is 21.9 Å². The van der Waals surface area contributed by atoms with E-state index in [0.717, 1.165) is 24.0 Å². The zero-order valence-electron chi connectivity index (χ0n) is 14.9. The highest BCUT2D eigenvalue weighted by Crippen LogP contribution is 2.32. The molecule has 4 nitrogen and oxygen atoms in total. The summed E-state index contributed by atoms with van der Waals surface area (Å²) in [5.74, 6) is -1.87. The van der Waals surface area contributed by atoms with Crippen LogP contribution in [0.3, 0.4) is 0 Å². The molecule has 1 fully saturated rings. The predicted octanol–water partition coefficient (Wildman–Crippen LogP) is 4.11. The molecule has 0 aliphatic heterocycles. The van der Waals surface area contributed by atoms with Crippen LogP contribution < -0.4 is 0 Å². The van der Waals surface area contributed by atoms with Gasteiger partial charge in [-0.3, -0.25) is 9.59 Å². The summed E-state index contributed by atoms with van der Waals surface area (Å²) in [7, 11) is 0. The van der Waals surface area contributed by atoms with Gasteiger partial charge in [0.2, 0.25) is 5.91 Å². The van der Waals surface area contributed by atoms with Gasteiger partial charge >= 0.3 is 5.97 Å². The van der Waals surface area contributed by atoms with E-state index in [4.69, 9.17) is 0 Å². The molecule has 2 aromatic carbocycles. The number of amides is 1. The molecule has 3 rings (SSSR count). The summed E-state index contributed by atoms with van der Waals surface area (Å²) in [6.45, 7) is 0.995. The number of carbonyl (C=O) groups is 2. The molecule has 0 heterocycles. The van der Waals surface area contributed by atoms with E-state index in [2.05, 4.69) is 0 Å². The number of carboxylic acid groups (broad SMARTS) is 1. The maximum absolute atomic E-state index is 13.3. The summed E-state index contributed by atoms with van der Waals surface area (Å²) in [6, 6.07) is 19.7. The normalized spacial score (nSPS) is 19.7. The van der Waals surface area contributed by atoms with Gasteiger partial charge in [0.15, 0.2) is 0 Å². The Kier molecular flexibility index (Phi) is 6.05. The SMILES string of the molecule is O=C(O)[C@H]1CCCC[C@@H]1C(=O)N(Cc1ccccc1)Cc1ccccc1. The minimum atomic E-state index is -0.845. The van der Waals surface area contributed by atoms with Crippen LogP contribution in [0.15, 0.2) is 60.7 Å². The summed E-state index contributed by atoms with van der Waals surface area (Å²) >= 11 is 0. The Bertz CT molecular complexity index is 688. The summed E-state index contributed by atoms with van der Waals surface area (Å²) in [5, 5.41) is 9.55. The highest BCUT2D eigenvalue weighted by atomic mass is 16.4. The lowest BCUT2D eigenvalue weighted by Gasteiger charge is -2.33. The quantitative estimate of drug-likeness (QED) is 0.852. The fraction of sp³-hybridized carbons (Fsp3) is 0.364. The number of hydrogen-bond donors (Lipinski definition) is 1. The second-order valence-electron chi connectivity index (χ2n) is 7.00. The van der Waals surface area contributed by atoms with Crippen molar-refractivity contribution in [3.8, 4) is 0 Å². The van der Waals surface area contributed by atoms with E-state index < -0.39 is 17.8 Å². The van der Waals surface area contributed by atoms with Gasteiger partial charge in [0, 0.05) is 13.1 Å². The Morgan fingerprint density at radius 3 is 1.73 bits per heavy atom. The van der Waals surface area contributed by atoms with Crippen LogP contribution in [0.25, 0.3) is 0 Å².